The molecule has 0 saturated heterocycles. The maximum absolute atomic E-state index is 8.31. The fraction of sp³-hybridized carbons (Fsp3) is 1.00. The van der Waals surface area contributed by atoms with Gasteiger partial charge in [0, 0.05) is 6.04 Å². The predicted molar refractivity (Wildman–Crippen MR) is 18.6 cm³/mol. The molecule has 1 rings (SSSR count). The van der Waals surface area contributed by atoms with Crippen molar-refractivity contribution in [2.75, 3.05) is 0 Å². The quantitative estimate of drug-likeness (QED) is 0.389. The average Bonchev–Trinajstić information content (AvgIpc) is 1.79. The first-order valence-electron chi connectivity index (χ1n) is 1.74. The van der Waals surface area contributed by atoms with Gasteiger partial charge >= 0.3 is 0 Å². The van der Waals surface area contributed by atoms with Crippen molar-refractivity contribution < 1.29 is 5.11 Å². The summed E-state index contributed by atoms with van der Waals surface area (Å²) in [7, 11) is 0. The van der Waals surface area contributed by atoms with Gasteiger partial charge in [-0.05, 0) is 6.42 Å². The van der Waals surface area contributed by atoms with Crippen LogP contribution >= 0.6 is 0 Å². The largest absolute Gasteiger partial charge is 0.391 e. The zero-order chi connectivity index (χ0) is 3.86. The SMILES string of the molecule is N[C@H]1C[C@@H]1O. The highest BCUT2D eigenvalue weighted by Gasteiger charge is 2.30. The maximum Gasteiger partial charge on any atom is 0.0707 e. The Hall–Kier alpha value is -0.0800. The van der Waals surface area contributed by atoms with Crippen LogP contribution in [-0.4, -0.2) is 17.3 Å². The van der Waals surface area contributed by atoms with E-state index in [4.69, 9.17) is 10.8 Å². The van der Waals surface area contributed by atoms with E-state index < -0.39 is 0 Å². The van der Waals surface area contributed by atoms with Crippen LogP contribution in [0, 0.1) is 0 Å². The van der Waals surface area contributed by atoms with Crippen LogP contribution in [-0.2, 0) is 0 Å². The Bertz CT molecular complexity index is 40.2. The van der Waals surface area contributed by atoms with Gasteiger partial charge in [-0.1, -0.05) is 0 Å². The second kappa shape index (κ2) is 0.698. The van der Waals surface area contributed by atoms with Crippen molar-refractivity contribution in [1.29, 1.82) is 0 Å². The maximum atomic E-state index is 8.31. The molecule has 0 unspecified atom stereocenters. The van der Waals surface area contributed by atoms with E-state index >= 15 is 0 Å². The van der Waals surface area contributed by atoms with Gasteiger partial charge in [0.05, 0.1) is 6.10 Å². The summed E-state index contributed by atoms with van der Waals surface area (Å²) in [5.41, 5.74) is 5.12. The Morgan fingerprint density at radius 2 is 2.00 bits per heavy atom. The fourth-order valence-electron chi connectivity index (χ4n) is 0.200. The number of rotatable bonds is 0. The fourth-order valence-corrected chi connectivity index (χ4v) is 0.200. The van der Waals surface area contributed by atoms with E-state index in [1.54, 1.807) is 0 Å². The summed E-state index contributed by atoms with van der Waals surface area (Å²) in [5, 5.41) is 8.31. The Balaban J connectivity index is 2.20. The Morgan fingerprint density at radius 3 is 2.00 bits per heavy atom. The highest BCUT2D eigenvalue weighted by molar-refractivity contribution is 4.89. The molecule has 2 heteroatoms. The molecule has 30 valence electrons. The summed E-state index contributed by atoms with van der Waals surface area (Å²) >= 11 is 0. The molecule has 0 bridgehead atoms. The molecule has 1 fully saturated rings. The average molecular weight is 73.1 g/mol. The molecule has 5 heavy (non-hydrogen) atoms. The minimum Gasteiger partial charge on any atom is -0.391 e. The molecule has 1 aliphatic rings. The van der Waals surface area contributed by atoms with Gasteiger partial charge in [0.15, 0.2) is 0 Å². The van der Waals surface area contributed by atoms with Crippen molar-refractivity contribution in [3.05, 3.63) is 0 Å². The molecule has 2 nitrogen and oxygen atoms in total. The van der Waals surface area contributed by atoms with Gasteiger partial charge in [-0.15, -0.1) is 0 Å². The highest BCUT2D eigenvalue weighted by atomic mass is 16.3. The van der Waals surface area contributed by atoms with Gasteiger partial charge in [0.1, 0.15) is 0 Å². The minimum atomic E-state index is -0.171. The van der Waals surface area contributed by atoms with Crippen molar-refractivity contribution in [3.63, 3.8) is 0 Å². The first-order valence-corrected chi connectivity index (χ1v) is 1.74. The molecule has 1 aliphatic carbocycles. The van der Waals surface area contributed by atoms with E-state index in [2.05, 4.69) is 0 Å². The van der Waals surface area contributed by atoms with Crippen molar-refractivity contribution in [2.24, 2.45) is 5.73 Å². The Morgan fingerprint density at radius 1 is 1.80 bits per heavy atom. The topological polar surface area (TPSA) is 46.2 Å². The van der Waals surface area contributed by atoms with Crippen LogP contribution in [0.25, 0.3) is 0 Å². The number of nitrogens with two attached hydrogens (primary N) is 1. The summed E-state index contributed by atoms with van der Waals surface area (Å²) in [6.07, 6.45) is 0.634. The van der Waals surface area contributed by atoms with Gasteiger partial charge in [-0.25, -0.2) is 0 Å². The van der Waals surface area contributed by atoms with Crippen LogP contribution in [0.15, 0.2) is 0 Å². The molecule has 0 aromatic carbocycles. The molecule has 0 aliphatic heterocycles. The first kappa shape index (κ1) is 3.12. The third-order valence-corrected chi connectivity index (χ3v) is 0.805. The summed E-state index contributed by atoms with van der Waals surface area (Å²) in [6, 6.07) is 0.106. The molecule has 2 atom stereocenters. The summed E-state index contributed by atoms with van der Waals surface area (Å²) < 4.78 is 0. The molecule has 0 aromatic heterocycles. The third-order valence-electron chi connectivity index (χ3n) is 0.805. The lowest BCUT2D eigenvalue weighted by atomic mass is 10.8. The molecular weight excluding hydrogens is 66.0 g/mol. The lowest BCUT2D eigenvalue weighted by Gasteiger charge is -1.70. The summed E-state index contributed by atoms with van der Waals surface area (Å²) in [6.45, 7) is 0. The van der Waals surface area contributed by atoms with Crippen LogP contribution in [0.4, 0.5) is 0 Å². The van der Waals surface area contributed by atoms with E-state index in [9.17, 15) is 0 Å². The van der Waals surface area contributed by atoms with E-state index in [1.165, 1.54) is 0 Å². The highest BCUT2D eigenvalue weighted by Crippen LogP contribution is 2.15. The molecule has 0 aromatic rings. The van der Waals surface area contributed by atoms with Gasteiger partial charge in [-0.3, -0.25) is 0 Å². The van der Waals surface area contributed by atoms with Crippen LogP contribution < -0.4 is 5.73 Å². The third kappa shape index (κ3) is 0.412. The van der Waals surface area contributed by atoms with E-state index in [-0.39, 0.29) is 12.1 Å². The number of aliphatic hydroxyl groups is 1. The second-order valence-electron chi connectivity index (χ2n) is 1.47. The Labute approximate surface area is 30.6 Å². The van der Waals surface area contributed by atoms with Crippen LogP contribution in [0.3, 0.4) is 0 Å². The molecule has 0 spiro atoms. The number of aliphatic hydroxyl groups excluding tert-OH is 1. The van der Waals surface area contributed by atoms with Crippen molar-refractivity contribution in [3.8, 4) is 0 Å². The second-order valence-corrected chi connectivity index (χ2v) is 1.47. The zero-order valence-corrected chi connectivity index (χ0v) is 2.89. The monoisotopic (exact) mass is 73.1 g/mol. The number of hydrogen-bond donors (Lipinski definition) is 2. The van der Waals surface area contributed by atoms with Gasteiger partial charge in [0.25, 0.3) is 0 Å². The zero-order valence-electron chi connectivity index (χ0n) is 2.89. The predicted octanol–water partition coefficient (Wildman–Crippen LogP) is -0.922. The van der Waals surface area contributed by atoms with Crippen molar-refractivity contribution in [2.45, 2.75) is 18.6 Å². The summed E-state index contributed by atoms with van der Waals surface area (Å²) in [4.78, 5) is 0. The molecule has 0 radical (unpaired) electrons. The lowest BCUT2D eigenvalue weighted by Crippen LogP contribution is -2.03. The van der Waals surface area contributed by atoms with Crippen molar-refractivity contribution in [1.82, 2.24) is 0 Å². The minimum absolute atomic E-state index is 0.106. The van der Waals surface area contributed by atoms with Gasteiger partial charge in [0.2, 0.25) is 0 Å². The van der Waals surface area contributed by atoms with Crippen molar-refractivity contribution >= 4 is 0 Å². The smallest absolute Gasteiger partial charge is 0.0707 e. The van der Waals surface area contributed by atoms with Crippen LogP contribution in [0.5, 0.6) is 0 Å². The molecular formula is C3H7NO. The molecule has 1 saturated carbocycles. The van der Waals surface area contributed by atoms with Crippen LogP contribution in [0.2, 0.25) is 0 Å². The molecule has 3 N–H and O–H groups in total. The van der Waals surface area contributed by atoms with E-state index in [0.29, 0.717) is 0 Å². The van der Waals surface area contributed by atoms with Gasteiger partial charge < -0.3 is 10.8 Å². The van der Waals surface area contributed by atoms with Crippen LogP contribution in [0.1, 0.15) is 6.42 Å². The van der Waals surface area contributed by atoms with Gasteiger partial charge in [-0.2, -0.15) is 0 Å². The van der Waals surface area contributed by atoms with E-state index in [0.717, 1.165) is 6.42 Å². The normalized spacial score (nSPS) is 49.2. The Kier molecular flexibility index (Phi) is 0.436. The lowest BCUT2D eigenvalue weighted by molar-refractivity contribution is 0.272. The van der Waals surface area contributed by atoms with E-state index in [1.807, 2.05) is 0 Å². The number of hydrogen-bond acceptors (Lipinski definition) is 2. The molecule has 0 amide bonds. The molecule has 0 heterocycles. The standard InChI is InChI=1S/C3H7NO/c4-2-1-3(2)5/h2-3,5H,1,4H2/t2-,3-/m0/s1. The first-order chi connectivity index (χ1) is 2.30. The summed E-state index contributed by atoms with van der Waals surface area (Å²) in [5.74, 6) is 0.